The third-order valence-electron chi connectivity index (χ3n) is 4.10. The first-order valence-corrected chi connectivity index (χ1v) is 8.87. The molecule has 2 aromatic rings. The van der Waals surface area contributed by atoms with E-state index in [2.05, 4.69) is 47.5 Å². The van der Waals surface area contributed by atoms with Gasteiger partial charge in [-0.1, -0.05) is 29.8 Å². The molecule has 23 heavy (non-hydrogen) atoms. The molecule has 0 atom stereocenters. The van der Waals surface area contributed by atoms with Crippen molar-refractivity contribution in [1.29, 1.82) is 0 Å². The third kappa shape index (κ3) is 3.53. The van der Waals surface area contributed by atoms with Crippen molar-refractivity contribution in [3.8, 4) is 0 Å². The van der Waals surface area contributed by atoms with E-state index in [-0.39, 0.29) is 5.91 Å². The van der Waals surface area contributed by atoms with Gasteiger partial charge in [0.1, 0.15) is 0 Å². The van der Waals surface area contributed by atoms with Crippen LogP contribution in [0.2, 0.25) is 0 Å². The van der Waals surface area contributed by atoms with E-state index in [0.717, 1.165) is 34.8 Å². The summed E-state index contributed by atoms with van der Waals surface area (Å²) in [6, 6.07) is 12.5. The van der Waals surface area contributed by atoms with Crippen LogP contribution in [0.5, 0.6) is 0 Å². The predicted octanol–water partition coefficient (Wildman–Crippen LogP) is 4.16. The SMILES string of the molecule is Cc1cc(C)c(NC(=O)CN2CCSc3ccccc32)c(C)c1. The Hall–Kier alpha value is -1.94. The van der Waals surface area contributed by atoms with Crippen LogP contribution in [0.3, 0.4) is 0 Å². The molecule has 0 aromatic heterocycles. The maximum Gasteiger partial charge on any atom is 0.243 e. The number of carbonyl (C=O) groups excluding carboxylic acids is 1. The summed E-state index contributed by atoms with van der Waals surface area (Å²) in [5.74, 6) is 1.06. The van der Waals surface area contributed by atoms with Gasteiger partial charge in [-0.15, -0.1) is 11.8 Å². The minimum Gasteiger partial charge on any atom is -0.360 e. The lowest BCUT2D eigenvalue weighted by atomic mass is 10.1. The summed E-state index contributed by atoms with van der Waals surface area (Å²) in [4.78, 5) is 15.9. The van der Waals surface area contributed by atoms with Crippen molar-refractivity contribution in [3.63, 3.8) is 0 Å². The number of amides is 1. The van der Waals surface area contributed by atoms with E-state index in [1.54, 1.807) is 0 Å². The van der Waals surface area contributed by atoms with Crippen molar-refractivity contribution in [1.82, 2.24) is 0 Å². The van der Waals surface area contributed by atoms with E-state index < -0.39 is 0 Å². The molecular weight excluding hydrogens is 304 g/mol. The monoisotopic (exact) mass is 326 g/mol. The van der Waals surface area contributed by atoms with E-state index in [4.69, 9.17) is 0 Å². The molecule has 1 aliphatic heterocycles. The molecule has 4 heteroatoms. The molecule has 0 unspecified atom stereocenters. The third-order valence-corrected chi connectivity index (χ3v) is 5.14. The van der Waals surface area contributed by atoms with Crippen LogP contribution in [0.4, 0.5) is 11.4 Å². The number of rotatable bonds is 3. The second-order valence-corrected chi connectivity index (χ2v) is 7.20. The molecule has 0 saturated carbocycles. The summed E-state index contributed by atoms with van der Waals surface area (Å²) in [6.07, 6.45) is 0. The lowest BCUT2D eigenvalue weighted by molar-refractivity contribution is -0.115. The molecule has 0 radical (unpaired) electrons. The van der Waals surface area contributed by atoms with Gasteiger partial charge in [-0.05, 0) is 44.0 Å². The summed E-state index contributed by atoms with van der Waals surface area (Å²) >= 11 is 1.86. The number of carbonyl (C=O) groups is 1. The molecule has 3 nitrogen and oxygen atoms in total. The Morgan fingerprint density at radius 2 is 1.87 bits per heavy atom. The molecule has 0 saturated heterocycles. The number of anilines is 2. The lowest BCUT2D eigenvalue weighted by Gasteiger charge is -2.30. The fraction of sp³-hybridized carbons (Fsp3) is 0.316. The van der Waals surface area contributed by atoms with Crippen molar-refractivity contribution in [2.75, 3.05) is 29.1 Å². The topological polar surface area (TPSA) is 32.3 Å². The molecule has 1 aliphatic rings. The first-order valence-electron chi connectivity index (χ1n) is 7.89. The fourth-order valence-electron chi connectivity index (χ4n) is 3.12. The molecule has 1 heterocycles. The summed E-state index contributed by atoms with van der Waals surface area (Å²) in [5.41, 5.74) is 5.56. The van der Waals surface area contributed by atoms with Gasteiger partial charge in [0, 0.05) is 22.9 Å². The number of nitrogens with one attached hydrogen (secondary N) is 1. The smallest absolute Gasteiger partial charge is 0.243 e. The van der Waals surface area contributed by atoms with Crippen LogP contribution in [0, 0.1) is 20.8 Å². The van der Waals surface area contributed by atoms with Gasteiger partial charge < -0.3 is 10.2 Å². The second kappa shape index (κ2) is 6.67. The van der Waals surface area contributed by atoms with Crippen molar-refractivity contribution in [2.45, 2.75) is 25.7 Å². The Bertz CT molecular complexity index is 719. The Morgan fingerprint density at radius 1 is 1.17 bits per heavy atom. The first-order chi connectivity index (χ1) is 11.0. The zero-order valence-electron chi connectivity index (χ0n) is 13.8. The van der Waals surface area contributed by atoms with Crippen molar-refractivity contribution < 1.29 is 4.79 Å². The van der Waals surface area contributed by atoms with Gasteiger partial charge in [-0.3, -0.25) is 4.79 Å². The van der Waals surface area contributed by atoms with E-state index in [1.165, 1.54) is 10.5 Å². The molecule has 0 aliphatic carbocycles. The average molecular weight is 326 g/mol. The van der Waals surface area contributed by atoms with E-state index in [9.17, 15) is 4.79 Å². The summed E-state index contributed by atoms with van der Waals surface area (Å²) in [6.45, 7) is 7.46. The zero-order valence-corrected chi connectivity index (χ0v) is 14.7. The van der Waals surface area contributed by atoms with Crippen LogP contribution < -0.4 is 10.2 Å². The van der Waals surface area contributed by atoms with Crippen molar-refractivity contribution >= 4 is 29.0 Å². The minimum atomic E-state index is 0.0433. The number of aryl methyl sites for hydroxylation is 3. The Kier molecular flexibility index (Phi) is 4.62. The standard InChI is InChI=1S/C19H22N2OS/c1-13-10-14(2)19(15(3)11-13)20-18(22)12-21-8-9-23-17-7-5-4-6-16(17)21/h4-7,10-11H,8-9,12H2,1-3H3,(H,20,22). The molecule has 1 N–H and O–H groups in total. The van der Waals surface area contributed by atoms with E-state index in [1.807, 2.05) is 31.7 Å². The number of fused-ring (bicyclic) bond motifs is 1. The highest BCUT2D eigenvalue weighted by molar-refractivity contribution is 7.99. The Morgan fingerprint density at radius 3 is 2.61 bits per heavy atom. The average Bonchev–Trinajstić information content (AvgIpc) is 2.51. The van der Waals surface area contributed by atoms with Crippen LogP contribution >= 0.6 is 11.8 Å². The first kappa shape index (κ1) is 15.9. The van der Waals surface area contributed by atoms with Gasteiger partial charge >= 0.3 is 0 Å². The lowest BCUT2D eigenvalue weighted by Crippen LogP contribution is -2.37. The predicted molar refractivity (Wildman–Crippen MR) is 98.7 cm³/mol. The van der Waals surface area contributed by atoms with Crippen LogP contribution in [-0.4, -0.2) is 24.7 Å². The zero-order chi connectivity index (χ0) is 16.4. The fourth-order valence-corrected chi connectivity index (χ4v) is 4.17. The molecule has 0 bridgehead atoms. The van der Waals surface area contributed by atoms with Gasteiger partial charge in [0.05, 0.1) is 12.2 Å². The largest absolute Gasteiger partial charge is 0.360 e. The normalized spacial score (nSPS) is 13.6. The maximum absolute atomic E-state index is 12.5. The number of hydrogen-bond donors (Lipinski definition) is 1. The highest BCUT2D eigenvalue weighted by atomic mass is 32.2. The quantitative estimate of drug-likeness (QED) is 0.919. The molecule has 0 spiro atoms. The molecule has 2 aromatic carbocycles. The van der Waals surface area contributed by atoms with Gasteiger partial charge in [0.15, 0.2) is 0 Å². The molecule has 1 amide bonds. The highest BCUT2D eigenvalue weighted by Crippen LogP contribution is 2.34. The van der Waals surface area contributed by atoms with E-state index >= 15 is 0 Å². The number of para-hydroxylation sites is 1. The molecular formula is C19H22N2OS. The van der Waals surface area contributed by atoms with Crippen molar-refractivity contribution in [2.24, 2.45) is 0 Å². The number of thioether (sulfide) groups is 1. The molecule has 3 rings (SSSR count). The van der Waals surface area contributed by atoms with Crippen LogP contribution in [0.25, 0.3) is 0 Å². The van der Waals surface area contributed by atoms with E-state index in [0.29, 0.717) is 6.54 Å². The number of benzene rings is 2. The van der Waals surface area contributed by atoms with Crippen molar-refractivity contribution in [3.05, 3.63) is 53.1 Å². The van der Waals surface area contributed by atoms with Crippen LogP contribution in [0.1, 0.15) is 16.7 Å². The van der Waals surface area contributed by atoms with Gasteiger partial charge in [-0.25, -0.2) is 0 Å². The number of hydrogen-bond acceptors (Lipinski definition) is 3. The Balaban J connectivity index is 1.74. The maximum atomic E-state index is 12.5. The van der Waals surface area contributed by atoms with Crippen LogP contribution in [0.15, 0.2) is 41.3 Å². The number of nitrogens with zero attached hydrogens (tertiary/aromatic N) is 1. The molecule has 120 valence electrons. The summed E-state index contributed by atoms with van der Waals surface area (Å²) in [5, 5.41) is 3.10. The Labute approximate surface area is 142 Å². The highest BCUT2D eigenvalue weighted by Gasteiger charge is 2.19. The minimum absolute atomic E-state index is 0.0433. The van der Waals surface area contributed by atoms with Crippen LogP contribution in [-0.2, 0) is 4.79 Å². The summed E-state index contributed by atoms with van der Waals surface area (Å²) in [7, 11) is 0. The second-order valence-electron chi connectivity index (χ2n) is 6.06. The van der Waals surface area contributed by atoms with Gasteiger partial charge in [0.25, 0.3) is 0 Å². The van der Waals surface area contributed by atoms with Gasteiger partial charge in [0.2, 0.25) is 5.91 Å². The molecule has 0 fully saturated rings. The van der Waals surface area contributed by atoms with Gasteiger partial charge in [-0.2, -0.15) is 0 Å². The summed E-state index contributed by atoms with van der Waals surface area (Å²) < 4.78 is 0.